The zero-order valence-electron chi connectivity index (χ0n) is 10.8. The predicted octanol–water partition coefficient (Wildman–Crippen LogP) is 0.617. The summed E-state index contributed by atoms with van der Waals surface area (Å²) in [4.78, 5) is 8.24. The number of nitrogens with zero attached hydrogens (tertiary/aromatic N) is 5. The van der Waals surface area contributed by atoms with Crippen LogP contribution in [0.2, 0.25) is 0 Å². The summed E-state index contributed by atoms with van der Waals surface area (Å²) in [6.07, 6.45) is 3.05. The molecule has 0 N–H and O–H groups in total. The molecule has 0 saturated heterocycles. The van der Waals surface area contributed by atoms with Crippen molar-refractivity contribution in [1.82, 2.24) is 24.7 Å². The Bertz CT molecular complexity index is 698. The molecule has 0 aromatic carbocycles. The monoisotopic (exact) mass is 317 g/mol. The average molecular weight is 318 g/mol. The second kappa shape index (κ2) is 5.81. The Labute approximate surface area is 120 Å². The lowest BCUT2D eigenvalue weighted by Gasteiger charge is -2.07. The predicted molar refractivity (Wildman–Crippen MR) is 70.7 cm³/mol. The summed E-state index contributed by atoms with van der Waals surface area (Å²) in [6.45, 7) is 2.31. The third-order valence-corrected chi connectivity index (χ3v) is 3.62. The van der Waals surface area contributed by atoms with Crippen LogP contribution < -0.4 is 0 Å². The second-order valence-corrected chi connectivity index (χ2v) is 6.39. The van der Waals surface area contributed by atoms with E-state index in [-0.39, 0.29) is 24.1 Å². The van der Waals surface area contributed by atoms with E-state index in [9.17, 15) is 8.42 Å². The van der Waals surface area contributed by atoms with Crippen molar-refractivity contribution in [2.45, 2.75) is 18.6 Å². The van der Waals surface area contributed by atoms with Crippen molar-refractivity contribution in [3.63, 3.8) is 0 Å². The molecule has 108 valence electrons. The van der Waals surface area contributed by atoms with Gasteiger partial charge in [0.1, 0.15) is 5.69 Å². The summed E-state index contributed by atoms with van der Waals surface area (Å²) in [5, 5.41) is 7.10. The molecule has 0 fully saturated rings. The summed E-state index contributed by atoms with van der Waals surface area (Å²) >= 11 is 0. The molecule has 0 aliphatic rings. The topological polar surface area (TPSA) is 99.9 Å². The van der Waals surface area contributed by atoms with Gasteiger partial charge < -0.3 is 4.74 Å². The lowest BCUT2D eigenvalue weighted by Crippen LogP contribution is -2.12. The van der Waals surface area contributed by atoms with E-state index in [1.54, 1.807) is 13.1 Å². The molecule has 20 heavy (non-hydrogen) atoms. The van der Waals surface area contributed by atoms with Gasteiger partial charge in [0.15, 0.2) is 5.82 Å². The minimum atomic E-state index is -4.00. The van der Waals surface area contributed by atoms with Gasteiger partial charge in [-0.1, -0.05) is 0 Å². The molecule has 0 aliphatic heterocycles. The lowest BCUT2D eigenvalue weighted by molar-refractivity contribution is 0.185. The molecule has 10 heteroatoms. The number of aromatic nitrogens is 5. The number of hydrogen-bond donors (Lipinski definition) is 0. The van der Waals surface area contributed by atoms with Crippen LogP contribution in [-0.4, -0.2) is 46.9 Å². The van der Waals surface area contributed by atoms with Gasteiger partial charge in [0.05, 0.1) is 25.0 Å². The van der Waals surface area contributed by atoms with Gasteiger partial charge in [0.2, 0.25) is 0 Å². The average Bonchev–Trinajstić information content (AvgIpc) is 2.81. The Balaban J connectivity index is 2.53. The molecule has 8 nitrogen and oxygen atoms in total. The highest BCUT2D eigenvalue weighted by molar-refractivity contribution is 8.13. The second-order valence-electron chi connectivity index (χ2n) is 3.93. The minimum Gasteiger partial charge on any atom is -0.383 e. The van der Waals surface area contributed by atoms with Gasteiger partial charge in [-0.05, 0) is 6.92 Å². The fourth-order valence-electron chi connectivity index (χ4n) is 1.55. The molecular weight excluding hydrogens is 306 g/mol. The fourth-order valence-corrected chi connectivity index (χ4v) is 2.47. The van der Waals surface area contributed by atoms with Crippen LogP contribution in [0.15, 0.2) is 17.6 Å². The third kappa shape index (κ3) is 3.11. The van der Waals surface area contributed by atoms with E-state index in [4.69, 9.17) is 15.4 Å². The highest BCUT2D eigenvalue weighted by Crippen LogP contribution is 2.20. The van der Waals surface area contributed by atoms with Crippen LogP contribution in [0.3, 0.4) is 0 Å². The zero-order valence-corrected chi connectivity index (χ0v) is 12.4. The van der Waals surface area contributed by atoms with Crippen LogP contribution in [0.4, 0.5) is 0 Å². The van der Waals surface area contributed by atoms with Crippen molar-refractivity contribution >= 4 is 19.7 Å². The van der Waals surface area contributed by atoms with E-state index in [0.29, 0.717) is 5.69 Å². The van der Waals surface area contributed by atoms with Crippen LogP contribution in [-0.2, 0) is 20.3 Å². The van der Waals surface area contributed by atoms with Gasteiger partial charge >= 0.3 is 0 Å². The Morgan fingerprint density at radius 3 is 2.60 bits per heavy atom. The normalized spacial score (nSPS) is 11.8. The standard InChI is InChI=1S/C10H12ClN5O3S/c1-7-5-13-8(6-12-7)9-14-15-10(20(11,17)18)16(9)3-4-19-2/h5-6H,3-4H2,1-2H3. The van der Waals surface area contributed by atoms with Crippen LogP contribution in [0.1, 0.15) is 5.69 Å². The van der Waals surface area contributed by atoms with Gasteiger partial charge in [-0.25, -0.2) is 13.4 Å². The fraction of sp³-hybridized carbons (Fsp3) is 0.400. The van der Waals surface area contributed by atoms with Gasteiger partial charge in [-0.3, -0.25) is 9.55 Å². The van der Waals surface area contributed by atoms with Gasteiger partial charge in [-0.2, -0.15) is 0 Å². The molecule has 2 aromatic heterocycles. The maximum atomic E-state index is 11.5. The smallest absolute Gasteiger partial charge is 0.296 e. The molecule has 0 saturated carbocycles. The van der Waals surface area contributed by atoms with Crippen molar-refractivity contribution in [3.05, 3.63) is 18.1 Å². The molecule has 0 radical (unpaired) electrons. The van der Waals surface area contributed by atoms with Gasteiger partial charge in [0.25, 0.3) is 14.2 Å². The first kappa shape index (κ1) is 14.8. The SMILES string of the molecule is COCCn1c(-c2cnc(C)cn2)nnc1S(=O)(=O)Cl. The maximum Gasteiger partial charge on any atom is 0.296 e. The molecule has 0 atom stereocenters. The number of aryl methyl sites for hydroxylation is 1. The molecule has 0 aliphatic carbocycles. The third-order valence-electron chi connectivity index (χ3n) is 2.46. The summed E-state index contributed by atoms with van der Waals surface area (Å²) < 4.78 is 29.2. The maximum absolute atomic E-state index is 11.5. The number of methoxy groups -OCH3 is 1. The van der Waals surface area contributed by atoms with E-state index < -0.39 is 9.05 Å². The molecule has 2 heterocycles. The van der Waals surface area contributed by atoms with E-state index in [1.165, 1.54) is 17.9 Å². The molecular formula is C10H12ClN5O3S. The summed E-state index contributed by atoms with van der Waals surface area (Å²) in [5.41, 5.74) is 1.15. The van der Waals surface area contributed by atoms with Crippen molar-refractivity contribution in [1.29, 1.82) is 0 Å². The van der Waals surface area contributed by atoms with E-state index >= 15 is 0 Å². The first-order chi connectivity index (χ1) is 9.43. The largest absolute Gasteiger partial charge is 0.383 e. The number of ether oxygens (including phenoxy) is 1. The van der Waals surface area contributed by atoms with Gasteiger partial charge in [-0.15, -0.1) is 10.2 Å². The highest BCUT2D eigenvalue weighted by atomic mass is 35.7. The van der Waals surface area contributed by atoms with Gasteiger partial charge in [0, 0.05) is 24.0 Å². The van der Waals surface area contributed by atoms with Crippen LogP contribution in [0.5, 0.6) is 0 Å². The highest BCUT2D eigenvalue weighted by Gasteiger charge is 2.23. The van der Waals surface area contributed by atoms with Crippen molar-refractivity contribution in [3.8, 4) is 11.5 Å². The molecule has 2 aromatic rings. The molecule has 0 unspecified atom stereocenters. The van der Waals surface area contributed by atoms with E-state index in [1.807, 2.05) is 0 Å². The van der Waals surface area contributed by atoms with Crippen LogP contribution in [0, 0.1) is 6.92 Å². The van der Waals surface area contributed by atoms with Crippen molar-refractivity contribution in [2.24, 2.45) is 0 Å². The number of halogens is 1. The minimum absolute atomic E-state index is 0.232. The van der Waals surface area contributed by atoms with Crippen LogP contribution >= 0.6 is 10.7 Å². The van der Waals surface area contributed by atoms with E-state index in [2.05, 4.69) is 20.2 Å². The first-order valence-electron chi connectivity index (χ1n) is 5.59. The number of hydrogen-bond acceptors (Lipinski definition) is 7. The molecule has 2 rings (SSSR count). The van der Waals surface area contributed by atoms with Crippen molar-refractivity contribution < 1.29 is 13.2 Å². The van der Waals surface area contributed by atoms with Crippen molar-refractivity contribution in [2.75, 3.05) is 13.7 Å². The Morgan fingerprint density at radius 1 is 1.30 bits per heavy atom. The molecule has 0 bridgehead atoms. The lowest BCUT2D eigenvalue weighted by atomic mass is 10.4. The number of rotatable bonds is 5. The van der Waals surface area contributed by atoms with Crippen LogP contribution in [0.25, 0.3) is 11.5 Å². The van der Waals surface area contributed by atoms with E-state index in [0.717, 1.165) is 5.69 Å². The summed E-state index contributed by atoms with van der Waals surface area (Å²) in [6, 6.07) is 0. The molecule has 0 amide bonds. The Hall–Kier alpha value is -1.58. The first-order valence-corrected chi connectivity index (χ1v) is 7.90. The zero-order chi connectivity index (χ0) is 14.8. The summed E-state index contributed by atoms with van der Waals surface area (Å²) in [7, 11) is 2.84. The Morgan fingerprint density at radius 2 is 2.05 bits per heavy atom. The quantitative estimate of drug-likeness (QED) is 0.745. The summed E-state index contributed by atoms with van der Waals surface area (Å²) in [5.74, 6) is 0.272. The Kier molecular flexibility index (Phi) is 4.31. The molecule has 0 spiro atoms.